The van der Waals surface area contributed by atoms with Crippen LogP contribution in [-0.2, 0) is 9.59 Å². The quantitative estimate of drug-likeness (QED) is 0.811. The Balaban J connectivity index is 1.69. The molecule has 0 aliphatic carbocycles. The zero-order valence-corrected chi connectivity index (χ0v) is 15.0. The molecule has 0 bridgehead atoms. The van der Waals surface area contributed by atoms with E-state index in [1.54, 1.807) is 17.0 Å². The van der Waals surface area contributed by atoms with E-state index in [4.69, 9.17) is 4.74 Å². The van der Waals surface area contributed by atoms with E-state index in [2.05, 4.69) is 5.43 Å². The van der Waals surface area contributed by atoms with Crippen molar-refractivity contribution in [1.82, 2.24) is 5.43 Å². The van der Waals surface area contributed by atoms with Crippen molar-refractivity contribution in [2.75, 3.05) is 30.1 Å². The fraction of sp³-hybridized carbons (Fsp3) is 0.300. The molecule has 0 spiro atoms. The second-order valence-electron chi connectivity index (χ2n) is 6.18. The monoisotopic (exact) mass is 353 g/mol. The Bertz CT molecular complexity index is 779. The SMILES string of the molecule is CCOc1ccccc1N1C[C@@H](C(=O)NN(C)c2ccccc2)CC1=O. The van der Waals surface area contributed by atoms with Crippen LogP contribution in [0.5, 0.6) is 5.75 Å². The minimum atomic E-state index is -0.400. The van der Waals surface area contributed by atoms with Gasteiger partial charge in [-0.2, -0.15) is 0 Å². The molecule has 1 heterocycles. The van der Waals surface area contributed by atoms with Gasteiger partial charge in [0.15, 0.2) is 0 Å². The summed E-state index contributed by atoms with van der Waals surface area (Å²) in [7, 11) is 1.78. The first-order valence-electron chi connectivity index (χ1n) is 8.71. The number of amides is 2. The van der Waals surface area contributed by atoms with E-state index in [0.29, 0.717) is 24.6 Å². The van der Waals surface area contributed by atoms with Gasteiger partial charge in [-0.25, -0.2) is 0 Å². The van der Waals surface area contributed by atoms with Crippen molar-refractivity contribution in [2.45, 2.75) is 13.3 Å². The van der Waals surface area contributed by atoms with Crippen LogP contribution >= 0.6 is 0 Å². The lowest BCUT2D eigenvalue weighted by Gasteiger charge is -2.23. The number of anilines is 2. The first-order chi connectivity index (χ1) is 12.6. The van der Waals surface area contributed by atoms with Crippen molar-refractivity contribution in [1.29, 1.82) is 0 Å². The third kappa shape index (κ3) is 3.79. The van der Waals surface area contributed by atoms with Gasteiger partial charge in [0.25, 0.3) is 0 Å². The molecule has 1 aliphatic rings. The molecule has 0 unspecified atom stereocenters. The molecule has 2 aromatic carbocycles. The summed E-state index contributed by atoms with van der Waals surface area (Å²) in [5.41, 5.74) is 4.45. The Morgan fingerprint density at radius 3 is 2.62 bits per heavy atom. The van der Waals surface area contributed by atoms with Crippen molar-refractivity contribution in [2.24, 2.45) is 5.92 Å². The predicted molar refractivity (Wildman–Crippen MR) is 101 cm³/mol. The Morgan fingerprint density at radius 2 is 1.88 bits per heavy atom. The van der Waals surface area contributed by atoms with Gasteiger partial charge in [-0.3, -0.25) is 20.0 Å². The number of benzene rings is 2. The summed E-state index contributed by atoms with van der Waals surface area (Å²) in [6, 6.07) is 17.0. The predicted octanol–water partition coefficient (Wildman–Crippen LogP) is 2.61. The lowest BCUT2D eigenvalue weighted by atomic mass is 10.1. The molecule has 0 saturated carbocycles. The number of hydrogen-bond acceptors (Lipinski definition) is 4. The second kappa shape index (κ2) is 7.91. The summed E-state index contributed by atoms with van der Waals surface area (Å²) in [5.74, 6) is 0.0231. The number of carbonyl (C=O) groups excluding carboxylic acids is 2. The summed E-state index contributed by atoms with van der Waals surface area (Å²) < 4.78 is 5.61. The molecule has 2 aromatic rings. The smallest absolute Gasteiger partial charge is 0.243 e. The molecule has 6 nitrogen and oxygen atoms in total. The van der Waals surface area contributed by atoms with E-state index in [1.807, 2.05) is 61.5 Å². The van der Waals surface area contributed by atoms with Gasteiger partial charge in [-0.05, 0) is 31.2 Å². The van der Waals surface area contributed by atoms with E-state index < -0.39 is 5.92 Å². The standard InChI is InChI=1S/C20H23N3O3/c1-3-26-18-12-8-7-11-17(18)23-14-15(13-19(23)24)20(25)21-22(2)16-9-5-4-6-10-16/h4-12,15H,3,13-14H2,1-2H3,(H,21,25)/t15-/m0/s1. The Labute approximate surface area is 153 Å². The molecule has 6 heteroatoms. The fourth-order valence-electron chi connectivity index (χ4n) is 3.05. The molecule has 1 aliphatic heterocycles. The first-order valence-corrected chi connectivity index (χ1v) is 8.71. The van der Waals surface area contributed by atoms with Crippen LogP contribution in [0.25, 0.3) is 0 Å². The lowest BCUT2D eigenvalue weighted by Crippen LogP contribution is -2.43. The summed E-state index contributed by atoms with van der Waals surface area (Å²) in [4.78, 5) is 26.7. The molecule has 1 atom stereocenters. The van der Waals surface area contributed by atoms with Crippen molar-refractivity contribution in [3.05, 3.63) is 54.6 Å². The van der Waals surface area contributed by atoms with Crippen LogP contribution in [0.1, 0.15) is 13.3 Å². The molecular weight excluding hydrogens is 330 g/mol. The zero-order chi connectivity index (χ0) is 18.5. The van der Waals surface area contributed by atoms with Gasteiger partial charge < -0.3 is 9.64 Å². The Morgan fingerprint density at radius 1 is 1.19 bits per heavy atom. The molecule has 2 amide bonds. The highest BCUT2D eigenvalue weighted by Crippen LogP contribution is 2.33. The molecule has 0 aromatic heterocycles. The maximum atomic E-state index is 12.6. The van der Waals surface area contributed by atoms with E-state index in [9.17, 15) is 9.59 Å². The van der Waals surface area contributed by atoms with E-state index in [0.717, 1.165) is 5.69 Å². The number of rotatable bonds is 6. The van der Waals surface area contributed by atoms with Crippen LogP contribution < -0.4 is 20.1 Å². The van der Waals surface area contributed by atoms with E-state index in [1.165, 1.54) is 0 Å². The number of hydrazine groups is 1. The lowest BCUT2D eigenvalue weighted by molar-refractivity contribution is -0.126. The maximum Gasteiger partial charge on any atom is 0.243 e. The minimum Gasteiger partial charge on any atom is -0.492 e. The highest BCUT2D eigenvalue weighted by molar-refractivity contribution is 6.01. The minimum absolute atomic E-state index is 0.0698. The van der Waals surface area contributed by atoms with E-state index in [-0.39, 0.29) is 18.2 Å². The van der Waals surface area contributed by atoms with Crippen LogP contribution in [-0.4, -0.2) is 32.0 Å². The van der Waals surface area contributed by atoms with Gasteiger partial charge in [0.2, 0.25) is 11.8 Å². The zero-order valence-electron chi connectivity index (χ0n) is 15.0. The molecule has 136 valence electrons. The second-order valence-corrected chi connectivity index (χ2v) is 6.18. The number of ether oxygens (including phenoxy) is 1. The highest BCUT2D eigenvalue weighted by atomic mass is 16.5. The topological polar surface area (TPSA) is 61.9 Å². The third-order valence-electron chi connectivity index (χ3n) is 4.37. The van der Waals surface area contributed by atoms with Gasteiger partial charge in [-0.15, -0.1) is 0 Å². The van der Waals surface area contributed by atoms with Crippen molar-refractivity contribution < 1.29 is 14.3 Å². The van der Waals surface area contributed by atoms with Crippen LogP contribution in [0.2, 0.25) is 0 Å². The Hall–Kier alpha value is -3.02. The maximum absolute atomic E-state index is 12.6. The summed E-state index contributed by atoms with van der Waals surface area (Å²) in [6.45, 7) is 2.76. The van der Waals surface area contributed by atoms with Crippen LogP contribution in [0.15, 0.2) is 54.6 Å². The van der Waals surface area contributed by atoms with Crippen LogP contribution in [0, 0.1) is 5.92 Å². The average Bonchev–Trinajstić information content (AvgIpc) is 3.05. The molecule has 1 saturated heterocycles. The van der Waals surface area contributed by atoms with Gasteiger partial charge >= 0.3 is 0 Å². The number of hydrogen-bond donors (Lipinski definition) is 1. The van der Waals surface area contributed by atoms with Crippen LogP contribution in [0.4, 0.5) is 11.4 Å². The molecule has 1 N–H and O–H groups in total. The van der Waals surface area contributed by atoms with E-state index >= 15 is 0 Å². The highest BCUT2D eigenvalue weighted by Gasteiger charge is 2.36. The van der Waals surface area contributed by atoms with Gasteiger partial charge in [0.1, 0.15) is 5.75 Å². The molecule has 26 heavy (non-hydrogen) atoms. The van der Waals surface area contributed by atoms with Crippen LogP contribution in [0.3, 0.4) is 0 Å². The summed E-state index contributed by atoms with van der Waals surface area (Å²) >= 11 is 0. The number of carbonyl (C=O) groups is 2. The Kier molecular flexibility index (Phi) is 5.41. The fourth-order valence-corrected chi connectivity index (χ4v) is 3.05. The van der Waals surface area contributed by atoms with Gasteiger partial charge in [0, 0.05) is 20.0 Å². The molecular formula is C20H23N3O3. The third-order valence-corrected chi connectivity index (χ3v) is 4.37. The molecule has 1 fully saturated rings. The number of nitrogens with one attached hydrogen (secondary N) is 1. The van der Waals surface area contributed by atoms with Crippen molar-refractivity contribution >= 4 is 23.2 Å². The van der Waals surface area contributed by atoms with Gasteiger partial charge in [0.05, 0.1) is 23.9 Å². The first kappa shape index (κ1) is 17.8. The molecule has 3 rings (SSSR count). The van der Waals surface area contributed by atoms with Crippen molar-refractivity contribution in [3.63, 3.8) is 0 Å². The average molecular weight is 353 g/mol. The molecule has 0 radical (unpaired) electrons. The summed E-state index contributed by atoms with van der Waals surface area (Å²) in [6.07, 6.45) is 0.189. The number of para-hydroxylation sites is 3. The van der Waals surface area contributed by atoms with Crippen molar-refractivity contribution in [3.8, 4) is 5.75 Å². The van der Waals surface area contributed by atoms with Gasteiger partial charge in [-0.1, -0.05) is 30.3 Å². The summed E-state index contributed by atoms with van der Waals surface area (Å²) in [5, 5.41) is 1.67. The largest absolute Gasteiger partial charge is 0.492 e. The normalized spacial score (nSPS) is 16.5. The number of nitrogens with zero attached hydrogens (tertiary/aromatic N) is 2.